The molecule has 1 heterocycles. The predicted molar refractivity (Wildman–Crippen MR) is 64.3 cm³/mol. The Balaban J connectivity index is 2.21. The van der Waals surface area contributed by atoms with E-state index in [2.05, 4.69) is 4.90 Å². The van der Waals surface area contributed by atoms with Gasteiger partial charge in [-0.25, -0.2) is 0 Å². The van der Waals surface area contributed by atoms with E-state index in [0.717, 1.165) is 25.9 Å². The number of piperidine rings is 1. The highest BCUT2D eigenvalue weighted by Gasteiger charge is 2.17. The maximum Gasteiger partial charge on any atom is 0.153 e. The fraction of sp³-hybridized carbons (Fsp3) is 0.462. The molecule has 0 aliphatic carbocycles. The molecule has 4 nitrogen and oxygen atoms in total. The van der Waals surface area contributed by atoms with Crippen molar-refractivity contribution < 1.29 is 15.0 Å². The van der Waals surface area contributed by atoms with Crippen LogP contribution >= 0.6 is 0 Å². The average Bonchev–Trinajstić information content (AvgIpc) is 2.36. The zero-order chi connectivity index (χ0) is 12.3. The van der Waals surface area contributed by atoms with Crippen molar-refractivity contribution in [2.45, 2.75) is 25.8 Å². The van der Waals surface area contributed by atoms with Gasteiger partial charge in [-0.1, -0.05) is 6.42 Å². The van der Waals surface area contributed by atoms with Gasteiger partial charge in [0.2, 0.25) is 0 Å². The molecule has 1 aliphatic heterocycles. The van der Waals surface area contributed by atoms with Crippen molar-refractivity contribution in [3.8, 4) is 11.5 Å². The quantitative estimate of drug-likeness (QED) is 0.785. The van der Waals surface area contributed by atoms with E-state index >= 15 is 0 Å². The first-order valence-electron chi connectivity index (χ1n) is 5.93. The molecule has 1 saturated heterocycles. The van der Waals surface area contributed by atoms with E-state index in [9.17, 15) is 15.0 Å². The lowest BCUT2D eigenvalue weighted by Gasteiger charge is -2.27. The monoisotopic (exact) mass is 235 g/mol. The lowest BCUT2D eigenvalue weighted by atomic mass is 10.1. The van der Waals surface area contributed by atoms with Crippen LogP contribution in [0.5, 0.6) is 11.5 Å². The van der Waals surface area contributed by atoms with Crippen LogP contribution in [0.1, 0.15) is 35.2 Å². The third-order valence-corrected chi connectivity index (χ3v) is 3.25. The van der Waals surface area contributed by atoms with Crippen LogP contribution in [-0.4, -0.2) is 34.5 Å². The Morgan fingerprint density at radius 1 is 1.18 bits per heavy atom. The molecule has 0 saturated carbocycles. The molecule has 0 unspecified atom stereocenters. The van der Waals surface area contributed by atoms with Gasteiger partial charge in [0.05, 0.1) is 11.1 Å². The van der Waals surface area contributed by atoms with Crippen LogP contribution in [0.3, 0.4) is 0 Å². The average molecular weight is 235 g/mol. The van der Waals surface area contributed by atoms with Crippen molar-refractivity contribution in [2.75, 3.05) is 13.1 Å². The molecule has 0 bridgehead atoms. The van der Waals surface area contributed by atoms with Crippen LogP contribution in [0, 0.1) is 0 Å². The first kappa shape index (κ1) is 11.9. The molecule has 1 aliphatic rings. The number of aldehydes is 1. The molecule has 2 N–H and O–H groups in total. The van der Waals surface area contributed by atoms with Gasteiger partial charge < -0.3 is 10.2 Å². The Morgan fingerprint density at radius 3 is 2.53 bits per heavy atom. The van der Waals surface area contributed by atoms with Crippen molar-refractivity contribution in [1.29, 1.82) is 0 Å². The summed E-state index contributed by atoms with van der Waals surface area (Å²) in [7, 11) is 0. The van der Waals surface area contributed by atoms with Crippen LogP contribution < -0.4 is 0 Å². The molecule has 2 rings (SSSR count). The summed E-state index contributed by atoms with van der Waals surface area (Å²) in [6.45, 7) is 2.45. The summed E-state index contributed by atoms with van der Waals surface area (Å²) in [5.74, 6) is -0.0377. The lowest BCUT2D eigenvalue weighted by molar-refractivity contribution is 0.112. The van der Waals surface area contributed by atoms with E-state index < -0.39 is 0 Å². The number of benzene rings is 1. The topological polar surface area (TPSA) is 60.8 Å². The molecule has 0 amide bonds. The number of likely N-dealkylation sites (tertiary alicyclic amines) is 1. The number of phenols is 2. The Bertz CT molecular complexity index is 411. The van der Waals surface area contributed by atoms with Crippen molar-refractivity contribution >= 4 is 6.29 Å². The molecule has 0 radical (unpaired) electrons. The summed E-state index contributed by atoms with van der Waals surface area (Å²) >= 11 is 0. The fourth-order valence-electron chi connectivity index (χ4n) is 2.24. The summed E-state index contributed by atoms with van der Waals surface area (Å²) in [6.07, 6.45) is 4.14. The van der Waals surface area contributed by atoms with Gasteiger partial charge in [0.15, 0.2) is 6.29 Å². The van der Waals surface area contributed by atoms with Crippen LogP contribution in [0.15, 0.2) is 12.1 Å². The van der Waals surface area contributed by atoms with Gasteiger partial charge in [-0.15, -0.1) is 0 Å². The molecule has 0 spiro atoms. The minimum Gasteiger partial charge on any atom is -0.507 e. The molecule has 4 heteroatoms. The number of nitrogens with zero attached hydrogens (tertiary/aromatic N) is 1. The maximum atomic E-state index is 10.7. The summed E-state index contributed by atoms with van der Waals surface area (Å²) < 4.78 is 0. The van der Waals surface area contributed by atoms with Crippen LogP contribution in [0.25, 0.3) is 0 Å². The van der Waals surface area contributed by atoms with E-state index in [1.54, 1.807) is 0 Å². The van der Waals surface area contributed by atoms with Gasteiger partial charge in [-0.3, -0.25) is 9.69 Å². The highest BCUT2D eigenvalue weighted by atomic mass is 16.3. The van der Waals surface area contributed by atoms with Gasteiger partial charge in [-0.05, 0) is 38.1 Å². The minimum absolute atomic E-state index is 0.0543. The van der Waals surface area contributed by atoms with Crippen LogP contribution in [-0.2, 0) is 6.54 Å². The predicted octanol–water partition coefficient (Wildman–Crippen LogP) is 1.90. The maximum absolute atomic E-state index is 10.7. The summed E-state index contributed by atoms with van der Waals surface area (Å²) in [6, 6.07) is 2.89. The Morgan fingerprint density at radius 2 is 1.88 bits per heavy atom. The molecule has 1 aromatic carbocycles. The normalized spacial score (nSPS) is 16.9. The molecule has 1 aromatic rings. The number of hydrogen-bond acceptors (Lipinski definition) is 4. The Hall–Kier alpha value is -1.55. The van der Waals surface area contributed by atoms with Gasteiger partial charge in [0, 0.05) is 6.54 Å². The van der Waals surface area contributed by atoms with E-state index in [0.29, 0.717) is 18.4 Å². The van der Waals surface area contributed by atoms with E-state index in [1.807, 2.05) is 0 Å². The van der Waals surface area contributed by atoms with E-state index in [1.165, 1.54) is 18.6 Å². The van der Waals surface area contributed by atoms with Crippen molar-refractivity contribution in [3.05, 3.63) is 23.3 Å². The van der Waals surface area contributed by atoms with Crippen molar-refractivity contribution in [2.24, 2.45) is 0 Å². The number of carbonyl (C=O) groups excluding carboxylic acids is 1. The highest BCUT2D eigenvalue weighted by Crippen LogP contribution is 2.31. The number of carbonyl (C=O) groups is 1. The number of aromatic hydroxyl groups is 2. The summed E-state index contributed by atoms with van der Waals surface area (Å²) in [5.41, 5.74) is 0.686. The second-order valence-electron chi connectivity index (χ2n) is 4.46. The van der Waals surface area contributed by atoms with Crippen molar-refractivity contribution in [3.63, 3.8) is 0 Å². The molecular formula is C13H17NO3. The first-order valence-corrected chi connectivity index (χ1v) is 5.93. The molecule has 92 valence electrons. The first-order chi connectivity index (χ1) is 8.22. The zero-order valence-corrected chi connectivity index (χ0v) is 9.72. The number of phenolic OH excluding ortho intramolecular Hbond substituents is 2. The Labute approximate surface area is 100 Å². The molecular weight excluding hydrogens is 218 g/mol. The third kappa shape index (κ3) is 2.58. The highest BCUT2D eigenvalue weighted by molar-refractivity contribution is 5.80. The molecule has 0 atom stereocenters. The van der Waals surface area contributed by atoms with Gasteiger partial charge in [0.25, 0.3) is 0 Å². The second kappa shape index (κ2) is 5.19. The smallest absolute Gasteiger partial charge is 0.153 e. The van der Waals surface area contributed by atoms with Gasteiger partial charge in [-0.2, -0.15) is 0 Å². The van der Waals surface area contributed by atoms with Gasteiger partial charge >= 0.3 is 0 Å². The summed E-state index contributed by atoms with van der Waals surface area (Å²) in [5, 5.41) is 19.6. The SMILES string of the molecule is O=Cc1ccc(O)c(CN2CCCCC2)c1O. The molecule has 1 fully saturated rings. The van der Waals surface area contributed by atoms with Crippen molar-refractivity contribution in [1.82, 2.24) is 4.90 Å². The third-order valence-electron chi connectivity index (χ3n) is 3.25. The largest absolute Gasteiger partial charge is 0.507 e. The van der Waals surface area contributed by atoms with E-state index in [-0.39, 0.29) is 17.1 Å². The zero-order valence-electron chi connectivity index (χ0n) is 9.72. The number of rotatable bonds is 3. The lowest BCUT2D eigenvalue weighted by Crippen LogP contribution is -2.29. The fourth-order valence-corrected chi connectivity index (χ4v) is 2.24. The second-order valence-corrected chi connectivity index (χ2v) is 4.46. The van der Waals surface area contributed by atoms with Crippen LogP contribution in [0.2, 0.25) is 0 Å². The Kier molecular flexibility index (Phi) is 3.64. The standard InChI is InChI=1S/C13H17NO3/c15-9-10-4-5-12(16)11(13(10)17)8-14-6-2-1-3-7-14/h4-5,9,16-17H,1-3,6-8H2. The number of hydrogen-bond donors (Lipinski definition) is 2. The van der Waals surface area contributed by atoms with E-state index in [4.69, 9.17) is 0 Å². The van der Waals surface area contributed by atoms with Crippen LogP contribution in [0.4, 0.5) is 0 Å². The molecule has 0 aromatic heterocycles. The van der Waals surface area contributed by atoms with Gasteiger partial charge in [0.1, 0.15) is 11.5 Å². The minimum atomic E-state index is -0.0921. The summed E-state index contributed by atoms with van der Waals surface area (Å²) in [4.78, 5) is 12.9. The molecule has 17 heavy (non-hydrogen) atoms.